The van der Waals surface area contributed by atoms with Crippen LogP contribution >= 0.6 is 16.8 Å². The van der Waals surface area contributed by atoms with Gasteiger partial charge in [-0.25, -0.2) is 0 Å². The van der Waals surface area contributed by atoms with Crippen molar-refractivity contribution >= 4 is 27.9 Å². The van der Waals surface area contributed by atoms with Gasteiger partial charge in [-0.3, -0.25) is 0 Å². The summed E-state index contributed by atoms with van der Waals surface area (Å²) < 4.78 is 32.8. The first-order valence-electron chi connectivity index (χ1n) is 28.8. The minimum absolute atomic E-state index is 0.0879. The first-order chi connectivity index (χ1) is 35.4. The maximum Gasteiger partial charge on any atom is 0.314 e. The van der Waals surface area contributed by atoms with Crippen LogP contribution in [0.3, 0.4) is 0 Å². The van der Waals surface area contributed by atoms with E-state index in [1.807, 2.05) is 0 Å². The van der Waals surface area contributed by atoms with Crippen LogP contribution < -0.4 is 28.5 Å². The zero-order chi connectivity index (χ0) is 58.6. The van der Waals surface area contributed by atoms with Crippen molar-refractivity contribution < 1.29 is 18.1 Å². The molecule has 422 valence electrons. The van der Waals surface area contributed by atoms with Crippen LogP contribution in [0.1, 0.15) is 239 Å². The van der Waals surface area contributed by atoms with Crippen LogP contribution in [-0.2, 0) is 43.3 Å². The zero-order valence-corrected chi connectivity index (χ0v) is 55.6. The molecule has 5 aromatic rings. The molecule has 5 aromatic carbocycles. The Hall–Kier alpha value is -4.36. The molecule has 0 bridgehead atoms. The minimum Gasteiger partial charge on any atom is -0.437 e. The molecule has 0 N–H and O–H groups in total. The highest BCUT2D eigenvalue weighted by atomic mass is 31.2. The molecule has 0 heterocycles. The van der Waals surface area contributed by atoms with Crippen molar-refractivity contribution in [2.45, 2.75) is 249 Å². The minimum atomic E-state index is -2.08. The Kier molecular flexibility index (Phi) is 16.2. The SMILES string of the molecule is Cc1cc(OP(Oc2cc(C)c(C(C)(C)C)cc2C(C)(C)C)C2(P(Oc3cc(C)c(C(C)(C)C)cc3C(C)(C)C)Oc3cc(C)c(C(C)(C)C)cc3C(C)(C)C)CC=CC3=c4ccccc4=C32)c(C(C)(C)C)cc1C(C)(C)C. The second-order valence-electron chi connectivity index (χ2n) is 31.3. The number of aryl methyl sites for hydroxylation is 4. The third-order valence-electron chi connectivity index (χ3n) is 15.9. The molecular formula is C72H100O4P2. The maximum atomic E-state index is 8.20. The van der Waals surface area contributed by atoms with E-state index in [0.717, 1.165) is 45.3 Å². The fourth-order valence-corrected chi connectivity index (χ4v) is 16.3. The summed E-state index contributed by atoms with van der Waals surface area (Å²) in [5.74, 6) is 3.33. The summed E-state index contributed by atoms with van der Waals surface area (Å²) in [5, 5.41) is 2.41. The molecule has 0 aromatic heterocycles. The maximum absolute atomic E-state index is 8.20. The van der Waals surface area contributed by atoms with E-state index >= 15 is 0 Å². The second-order valence-corrected chi connectivity index (χ2v) is 34.9. The van der Waals surface area contributed by atoms with Crippen molar-refractivity contribution in [3.05, 3.63) is 162 Å². The summed E-state index contributed by atoms with van der Waals surface area (Å²) in [6.45, 7) is 64.4. The molecule has 0 amide bonds. The van der Waals surface area contributed by atoms with E-state index in [2.05, 4.69) is 279 Å². The molecule has 0 saturated carbocycles. The highest BCUT2D eigenvalue weighted by molar-refractivity contribution is 7.70. The molecule has 4 nitrogen and oxygen atoms in total. The second kappa shape index (κ2) is 20.6. The van der Waals surface area contributed by atoms with Crippen LogP contribution in [0.15, 0.2) is 84.9 Å². The van der Waals surface area contributed by atoms with Gasteiger partial charge in [0.25, 0.3) is 0 Å². The van der Waals surface area contributed by atoms with Crippen LogP contribution in [0.2, 0.25) is 0 Å². The lowest BCUT2D eigenvalue weighted by Crippen LogP contribution is -2.49. The fourth-order valence-electron chi connectivity index (χ4n) is 11.9. The Morgan fingerprint density at radius 2 is 0.577 bits per heavy atom. The van der Waals surface area contributed by atoms with Crippen molar-refractivity contribution in [3.63, 3.8) is 0 Å². The van der Waals surface area contributed by atoms with Gasteiger partial charge in [-0.2, -0.15) is 0 Å². The van der Waals surface area contributed by atoms with Crippen LogP contribution in [0.4, 0.5) is 0 Å². The van der Waals surface area contributed by atoms with Crippen molar-refractivity contribution in [2.75, 3.05) is 0 Å². The summed E-state index contributed by atoms with van der Waals surface area (Å²) in [7, 11) is -4.17. The molecule has 6 heteroatoms. The van der Waals surface area contributed by atoms with Gasteiger partial charge >= 0.3 is 16.8 Å². The van der Waals surface area contributed by atoms with Gasteiger partial charge in [0, 0.05) is 22.3 Å². The van der Waals surface area contributed by atoms with Gasteiger partial charge in [-0.1, -0.05) is 227 Å². The number of hydrogen-bond donors (Lipinski definition) is 0. The fraction of sp³-hybridized carbons (Fsp3) is 0.528. The Bertz CT molecular complexity index is 2940. The van der Waals surface area contributed by atoms with E-state index < -0.39 is 21.6 Å². The molecule has 2 aliphatic carbocycles. The summed E-state index contributed by atoms with van der Waals surface area (Å²) in [4.78, 5) is -1.02. The van der Waals surface area contributed by atoms with Gasteiger partial charge in [0.05, 0.1) is 0 Å². The average molecular weight is 1090 g/mol. The molecule has 0 aliphatic heterocycles. The molecule has 2 aliphatic rings. The molecular weight excluding hydrogens is 991 g/mol. The van der Waals surface area contributed by atoms with Crippen molar-refractivity contribution in [2.24, 2.45) is 0 Å². The van der Waals surface area contributed by atoms with Gasteiger partial charge < -0.3 is 18.1 Å². The Morgan fingerprint density at radius 3 is 0.821 bits per heavy atom. The van der Waals surface area contributed by atoms with Crippen LogP contribution in [0.25, 0.3) is 11.1 Å². The summed E-state index contributed by atoms with van der Waals surface area (Å²) in [6.07, 6.45) is 5.24. The Balaban J connectivity index is 1.70. The van der Waals surface area contributed by atoms with Gasteiger partial charge in [0.15, 0.2) is 4.90 Å². The smallest absolute Gasteiger partial charge is 0.314 e. The van der Waals surface area contributed by atoms with E-state index in [0.29, 0.717) is 6.42 Å². The van der Waals surface area contributed by atoms with Gasteiger partial charge in [0.1, 0.15) is 23.0 Å². The molecule has 0 saturated heterocycles. The number of benzene rings is 5. The van der Waals surface area contributed by atoms with Crippen molar-refractivity contribution in [3.8, 4) is 23.0 Å². The van der Waals surface area contributed by atoms with E-state index in [1.54, 1.807) is 0 Å². The molecule has 0 atom stereocenters. The molecule has 78 heavy (non-hydrogen) atoms. The zero-order valence-electron chi connectivity index (χ0n) is 53.8. The Morgan fingerprint density at radius 1 is 0.333 bits per heavy atom. The predicted molar refractivity (Wildman–Crippen MR) is 340 cm³/mol. The summed E-state index contributed by atoms with van der Waals surface area (Å²) >= 11 is 0. The lowest BCUT2D eigenvalue weighted by atomic mass is 9.78. The van der Waals surface area contributed by atoms with Gasteiger partial charge in [-0.15, -0.1) is 0 Å². The molecule has 0 unspecified atom stereocenters. The molecule has 0 fully saturated rings. The number of fused-ring (bicyclic) bond motifs is 2. The van der Waals surface area contributed by atoms with Gasteiger partial charge in [0.2, 0.25) is 0 Å². The third-order valence-corrected chi connectivity index (χ3v) is 20.4. The first kappa shape index (κ1) is 61.3. The van der Waals surface area contributed by atoms with Crippen molar-refractivity contribution in [1.29, 1.82) is 0 Å². The number of hydrogen-bond acceptors (Lipinski definition) is 4. The quantitative estimate of drug-likeness (QED) is 0.131. The highest BCUT2D eigenvalue weighted by Crippen LogP contribution is 2.76. The third kappa shape index (κ3) is 12.1. The summed E-state index contributed by atoms with van der Waals surface area (Å²) in [5.41, 5.74) is 15.5. The average Bonchev–Trinajstić information content (AvgIpc) is 3.24. The monoisotopic (exact) mass is 1090 g/mol. The summed E-state index contributed by atoms with van der Waals surface area (Å²) in [6, 6.07) is 27.8. The first-order valence-corrected chi connectivity index (χ1v) is 31.2. The van der Waals surface area contributed by atoms with Crippen LogP contribution in [-0.4, -0.2) is 4.90 Å². The molecule has 0 spiro atoms. The van der Waals surface area contributed by atoms with Crippen LogP contribution in [0.5, 0.6) is 23.0 Å². The standard InChI is InChI=1S/C72H100O4P2/c1-44-36-59(55(68(17,18)19)40-51(44)64(5,6)7)73-77(74-60-37-45(2)52(65(8,9)10)41-56(60)69(20,21)22)72(35-31-34-50-48-32-29-30-33-49(48)63(50)72)78(75-61-38-46(3)53(66(11,12)13)42-57(61)70(23,24)25)76-62-39-47(4)54(67(14,15)16)43-58(62)71(26,27)28/h29-34,36-43H,35H2,1-28H3. The number of rotatable bonds is 10. The van der Waals surface area contributed by atoms with E-state index in [9.17, 15) is 0 Å². The van der Waals surface area contributed by atoms with Crippen LogP contribution in [0, 0.1) is 27.7 Å². The largest absolute Gasteiger partial charge is 0.437 e. The topological polar surface area (TPSA) is 36.9 Å². The molecule has 7 rings (SSSR count). The lowest BCUT2D eigenvalue weighted by Gasteiger charge is -2.47. The highest BCUT2D eigenvalue weighted by Gasteiger charge is 2.62. The molecule has 0 radical (unpaired) electrons. The predicted octanol–water partition coefficient (Wildman–Crippen LogP) is 20.2. The van der Waals surface area contributed by atoms with E-state index in [-0.39, 0.29) is 43.3 Å². The van der Waals surface area contributed by atoms with E-state index in [4.69, 9.17) is 18.1 Å². The van der Waals surface area contributed by atoms with E-state index in [1.165, 1.54) is 66.1 Å². The number of allylic oxidation sites excluding steroid dienone is 2. The van der Waals surface area contributed by atoms with Gasteiger partial charge in [-0.05, 0) is 168 Å². The van der Waals surface area contributed by atoms with Crippen molar-refractivity contribution in [1.82, 2.24) is 0 Å². The Labute approximate surface area is 477 Å². The normalized spacial score (nSPS) is 15.4. The lowest BCUT2D eigenvalue weighted by molar-refractivity contribution is 0.422.